The van der Waals surface area contributed by atoms with Gasteiger partial charge in [-0.3, -0.25) is 4.79 Å². The summed E-state index contributed by atoms with van der Waals surface area (Å²) in [5.41, 5.74) is 0.565. The first kappa shape index (κ1) is 16.8. The molecule has 2 rings (SSSR count). The second kappa shape index (κ2) is 8.17. The zero-order valence-electron chi connectivity index (χ0n) is 13.2. The molecule has 4 nitrogen and oxygen atoms in total. The number of rotatable bonds is 7. The number of ether oxygens (including phenoxy) is 2. The third-order valence-corrected chi connectivity index (χ3v) is 3.21. The van der Waals surface area contributed by atoms with Crippen molar-refractivity contribution in [2.45, 2.75) is 26.4 Å². The molecule has 0 saturated heterocycles. The summed E-state index contributed by atoms with van der Waals surface area (Å²) in [6.45, 7) is 4.17. The summed E-state index contributed by atoms with van der Waals surface area (Å²) in [4.78, 5) is 12.4. The van der Waals surface area contributed by atoms with Gasteiger partial charge in [-0.1, -0.05) is 31.2 Å². The van der Waals surface area contributed by atoms with Crippen molar-refractivity contribution in [3.05, 3.63) is 54.3 Å². The molecule has 2 aromatic rings. The van der Waals surface area contributed by atoms with E-state index in [4.69, 9.17) is 9.47 Å². The molecule has 5 heteroatoms. The lowest BCUT2D eigenvalue weighted by molar-refractivity contribution is -0.122. The van der Waals surface area contributed by atoms with Crippen molar-refractivity contribution in [3.63, 3.8) is 0 Å². The fourth-order valence-corrected chi connectivity index (χ4v) is 2.08. The van der Waals surface area contributed by atoms with E-state index in [9.17, 15) is 9.18 Å². The fraction of sp³-hybridized carbons (Fsp3) is 0.278. The Morgan fingerprint density at radius 3 is 2.39 bits per heavy atom. The van der Waals surface area contributed by atoms with E-state index in [-0.39, 0.29) is 11.7 Å². The van der Waals surface area contributed by atoms with Crippen LogP contribution in [-0.4, -0.2) is 18.6 Å². The maximum atomic E-state index is 13.7. The topological polar surface area (TPSA) is 47.6 Å². The van der Waals surface area contributed by atoms with Crippen LogP contribution in [0.2, 0.25) is 0 Å². The molecule has 0 radical (unpaired) electrons. The Kier molecular flexibility index (Phi) is 5.97. The highest BCUT2D eigenvalue weighted by atomic mass is 19.1. The van der Waals surface area contributed by atoms with Crippen molar-refractivity contribution in [1.82, 2.24) is 0 Å². The molecule has 1 unspecified atom stereocenters. The van der Waals surface area contributed by atoms with Crippen molar-refractivity contribution in [1.29, 1.82) is 0 Å². The third kappa shape index (κ3) is 4.45. The quantitative estimate of drug-likeness (QED) is 0.839. The van der Waals surface area contributed by atoms with Crippen LogP contribution in [0.5, 0.6) is 11.5 Å². The molecule has 1 amide bonds. The van der Waals surface area contributed by atoms with E-state index in [1.807, 2.05) is 13.0 Å². The zero-order chi connectivity index (χ0) is 16.7. The number of amides is 1. The Labute approximate surface area is 135 Å². The number of benzene rings is 2. The largest absolute Gasteiger partial charge is 0.492 e. The summed E-state index contributed by atoms with van der Waals surface area (Å²) < 4.78 is 24.6. The van der Waals surface area contributed by atoms with E-state index in [2.05, 4.69) is 5.32 Å². The summed E-state index contributed by atoms with van der Waals surface area (Å²) >= 11 is 0. The number of anilines is 1. The van der Waals surface area contributed by atoms with Gasteiger partial charge in [0, 0.05) is 0 Å². The van der Waals surface area contributed by atoms with Crippen LogP contribution in [0, 0.1) is 5.82 Å². The van der Waals surface area contributed by atoms with Gasteiger partial charge in [-0.15, -0.1) is 0 Å². The lowest BCUT2D eigenvalue weighted by Crippen LogP contribution is -2.32. The van der Waals surface area contributed by atoms with Gasteiger partial charge in [-0.2, -0.15) is 0 Å². The Morgan fingerprint density at radius 2 is 1.74 bits per heavy atom. The molecule has 1 atom stereocenters. The molecule has 1 N–H and O–H groups in total. The number of carbonyl (C=O) groups is 1. The Balaban J connectivity index is 2.10. The van der Waals surface area contributed by atoms with E-state index in [0.29, 0.717) is 24.5 Å². The van der Waals surface area contributed by atoms with Crippen LogP contribution < -0.4 is 14.8 Å². The average Bonchev–Trinajstić information content (AvgIpc) is 2.56. The second-order valence-electron chi connectivity index (χ2n) is 4.86. The second-order valence-corrected chi connectivity index (χ2v) is 4.86. The van der Waals surface area contributed by atoms with Crippen molar-refractivity contribution >= 4 is 11.6 Å². The number of para-hydroxylation sites is 3. The fourth-order valence-electron chi connectivity index (χ4n) is 2.08. The van der Waals surface area contributed by atoms with E-state index >= 15 is 0 Å². The maximum Gasteiger partial charge on any atom is 0.265 e. The summed E-state index contributed by atoms with van der Waals surface area (Å²) in [5.74, 6) is -0.187. The van der Waals surface area contributed by atoms with Crippen LogP contribution >= 0.6 is 0 Å². The molecule has 23 heavy (non-hydrogen) atoms. The predicted octanol–water partition coefficient (Wildman–Crippen LogP) is 4.02. The normalized spacial score (nSPS) is 11.6. The summed E-state index contributed by atoms with van der Waals surface area (Å²) in [5, 5.41) is 2.77. The van der Waals surface area contributed by atoms with E-state index in [1.54, 1.807) is 37.3 Å². The molecule has 0 aliphatic heterocycles. The molecule has 0 aromatic heterocycles. The van der Waals surface area contributed by atoms with Gasteiger partial charge in [-0.25, -0.2) is 4.39 Å². The van der Waals surface area contributed by atoms with Crippen LogP contribution in [0.4, 0.5) is 10.1 Å². The van der Waals surface area contributed by atoms with Gasteiger partial charge in [0.25, 0.3) is 5.91 Å². The minimum Gasteiger partial charge on any atom is -0.492 e. The van der Waals surface area contributed by atoms with Crippen LogP contribution in [0.3, 0.4) is 0 Å². The van der Waals surface area contributed by atoms with Gasteiger partial charge in [0.15, 0.2) is 17.7 Å². The smallest absolute Gasteiger partial charge is 0.265 e. The molecule has 2 aromatic carbocycles. The molecule has 0 aliphatic rings. The molecule has 122 valence electrons. The van der Waals surface area contributed by atoms with E-state index in [0.717, 1.165) is 0 Å². The highest BCUT2D eigenvalue weighted by molar-refractivity contribution is 5.95. The molecule has 0 saturated carbocycles. The third-order valence-electron chi connectivity index (χ3n) is 3.21. The molecule has 0 bridgehead atoms. The Morgan fingerprint density at radius 1 is 1.09 bits per heavy atom. The lowest BCUT2D eigenvalue weighted by atomic mass is 10.2. The minimum atomic E-state index is -0.790. The van der Waals surface area contributed by atoms with Crippen molar-refractivity contribution < 1.29 is 18.7 Å². The summed E-state index contributed by atoms with van der Waals surface area (Å²) in [7, 11) is 0. The first-order chi connectivity index (χ1) is 11.2. The van der Waals surface area contributed by atoms with Crippen LogP contribution in [-0.2, 0) is 4.79 Å². The number of carbonyl (C=O) groups excluding carboxylic acids is 1. The first-order valence-electron chi connectivity index (χ1n) is 7.59. The SMILES string of the molecule is CCOc1ccccc1NC(=O)C(CC)Oc1ccccc1F. The number of nitrogens with one attached hydrogen (secondary N) is 1. The highest BCUT2D eigenvalue weighted by Gasteiger charge is 2.21. The first-order valence-corrected chi connectivity index (χ1v) is 7.59. The molecule has 0 aliphatic carbocycles. The van der Waals surface area contributed by atoms with Gasteiger partial charge in [0.05, 0.1) is 12.3 Å². The predicted molar refractivity (Wildman–Crippen MR) is 87.3 cm³/mol. The highest BCUT2D eigenvalue weighted by Crippen LogP contribution is 2.25. The molecular formula is C18H20FNO3. The van der Waals surface area contributed by atoms with Crippen LogP contribution in [0.15, 0.2) is 48.5 Å². The van der Waals surface area contributed by atoms with E-state index in [1.165, 1.54) is 12.1 Å². The van der Waals surface area contributed by atoms with Gasteiger partial charge in [0.1, 0.15) is 5.75 Å². The minimum absolute atomic E-state index is 0.0626. The van der Waals surface area contributed by atoms with E-state index < -0.39 is 11.9 Å². The monoisotopic (exact) mass is 317 g/mol. The summed E-state index contributed by atoms with van der Waals surface area (Å²) in [6, 6.07) is 13.2. The molecule has 0 spiro atoms. The molecule has 0 heterocycles. The van der Waals surface area contributed by atoms with Gasteiger partial charge < -0.3 is 14.8 Å². The standard InChI is InChI=1S/C18H20FNO3/c1-3-15(23-16-11-7-5-9-13(16)19)18(21)20-14-10-6-8-12-17(14)22-4-2/h5-12,15H,3-4H2,1-2H3,(H,20,21). The molecule has 0 fully saturated rings. The average molecular weight is 317 g/mol. The lowest BCUT2D eigenvalue weighted by Gasteiger charge is -2.18. The molecular weight excluding hydrogens is 297 g/mol. The van der Waals surface area contributed by atoms with Crippen molar-refractivity contribution in [3.8, 4) is 11.5 Å². The summed E-state index contributed by atoms with van der Waals surface area (Å²) in [6.07, 6.45) is -0.377. The Hall–Kier alpha value is -2.56. The number of hydrogen-bond acceptors (Lipinski definition) is 3. The van der Waals surface area contributed by atoms with Crippen LogP contribution in [0.25, 0.3) is 0 Å². The van der Waals surface area contributed by atoms with Gasteiger partial charge in [0.2, 0.25) is 0 Å². The van der Waals surface area contributed by atoms with Gasteiger partial charge in [-0.05, 0) is 37.6 Å². The zero-order valence-corrected chi connectivity index (χ0v) is 13.2. The van der Waals surface area contributed by atoms with Crippen molar-refractivity contribution in [2.75, 3.05) is 11.9 Å². The van der Waals surface area contributed by atoms with Gasteiger partial charge >= 0.3 is 0 Å². The number of hydrogen-bond donors (Lipinski definition) is 1. The maximum absolute atomic E-state index is 13.7. The van der Waals surface area contributed by atoms with Crippen molar-refractivity contribution in [2.24, 2.45) is 0 Å². The number of halogens is 1. The van der Waals surface area contributed by atoms with Crippen LogP contribution in [0.1, 0.15) is 20.3 Å². The Bertz CT molecular complexity index is 660.